The molecule has 11 heteroatoms. The standard InChI is InChI=1S/C14H20N3O7P/c1-9-7-17(14(20)16-13(9)19)12-6-10(11(8-18)23-12)24-25(2,21)22-5-3-4-15/h7,10-12,18H,3,5-6,8H2,1-2H3,(H,16,19,20)/t10?,11-,12-,25?/m1/s1. The first-order valence-electron chi connectivity index (χ1n) is 7.63. The molecule has 1 aliphatic rings. The molecule has 0 saturated carbocycles. The molecule has 2 rings (SSSR count). The topological polar surface area (TPSA) is 144 Å². The summed E-state index contributed by atoms with van der Waals surface area (Å²) in [6, 6.07) is 1.87. The Morgan fingerprint density at radius 3 is 2.92 bits per heavy atom. The number of nitrogens with zero attached hydrogens (tertiary/aromatic N) is 2. The second kappa shape index (κ2) is 8.08. The van der Waals surface area contributed by atoms with Crippen LogP contribution in [0.3, 0.4) is 0 Å². The molecule has 10 nitrogen and oxygen atoms in total. The average molecular weight is 373 g/mol. The molecule has 0 spiro atoms. The van der Waals surface area contributed by atoms with E-state index in [0.717, 1.165) is 0 Å². The predicted octanol–water partition coefficient (Wildman–Crippen LogP) is 0.263. The number of hydrogen-bond acceptors (Lipinski definition) is 8. The highest BCUT2D eigenvalue weighted by atomic mass is 31.2. The molecule has 0 aromatic carbocycles. The van der Waals surface area contributed by atoms with Crippen LogP contribution in [0.5, 0.6) is 0 Å². The van der Waals surface area contributed by atoms with Crippen LogP contribution in [0.15, 0.2) is 15.8 Å². The molecule has 1 saturated heterocycles. The van der Waals surface area contributed by atoms with Gasteiger partial charge in [0.25, 0.3) is 5.56 Å². The summed E-state index contributed by atoms with van der Waals surface area (Å²) in [5, 5.41) is 17.9. The minimum Gasteiger partial charge on any atom is -0.394 e. The van der Waals surface area contributed by atoms with Gasteiger partial charge in [0.15, 0.2) is 0 Å². The number of nitrogens with one attached hydrogen (secondary N) is 1. The van der Waals surface area contributed by atoms with E-state index in [-0.39, 0.29) is 19.4 Å². The third kappa shape index (κ3) is 4.87. The Morgan fingerprint density at radius 1 is 1.56 bits per heavy atom. The molecule has 0 amide bonds. The average Bonchev–Trinajstić information content (AvgIpc) is 2.92. The van der Waals surface area contributed by atoms with E-state index >= 15 is 0 Å². The van der Waals surface area contributed by atoms with Gasteiger partial charge in [-0.05, 0) is 6.92 Å². The number of nitriles is 1. The van der Waals surface area contributed by atoms with Crippen LogP contribution in [0, 0.1) is 18.3 Å². The molecule has 0 aliphatic carbocycles. The number of aromatic amines is 1. The maximum Gasteiger partial charge on any atom is 0.330 e. The van der Waals surface area contributed by atoms with Crippen LogP contribution < -0.4 is 11.2 Å². The van der Waals surface area contributed by atoms with Gasteiger partial charge in [-0.2, -0.15) is 5.26 Å². The van der Waals surface area contributed by atoms with E-state index < -0.39 is 43.9 Å². The Labute approximate surface area is 143 Å². The molecule has 2 unspecified atom stereocenters. The minimum atomic E-state index is -3.46. The van der Waals surface area contributed by atoms with Gasteiger partial charge in [0.2, 0.25) is 0 Å². The fraction of sp³-hybridized carbons (Fsp3) is 0.643. The van der Waals surface area contributed by atoms with Crippen LogP contribution in [-0.4, -0.2) is 46.7 Å². The van der Waals surface area contributed by atoms with Crippen molar-refractivity contribution in [1.82, 2.24) is 9.55 Å². The number of aliphatic hydroxyl groups is 1. The van der Waals surface area contributed by atoms with Crippen molar-refractivity contribution in [3.63, 3.8) is 0 Å². The van der Waals surface area contributed by atoms with Crippen LogP contribution in [0.1, 0.15) is 24.6 Å². The molecule has 4 atom stereocenters. The zero-order valence-corrected chi connectivity index (χ0v) is 14.8. The molecular formula is C14H20N3O7P. The van der Waals surface area contributed by atoms with E-state index in [1.807, 2.05) is 6.07 Å². The van der Waals surface area contributed by atoms with Gasteiger partial charge in [0, 0.05) is 24.8 Å². The molecule has 138 valence electrons. The Kier molecular flexibility index (Phi) is 6.32. The third-order valence-electron chi connectivity index (χ3n) is 3.68. The number of aryl methyl sites for hydroxylation is 1. The van der Waals surface area contributed by atoms with Gasteiger partial charge in [-0.15, -0.1) is 0 Å². The minimum absolute atomic E-state index is 0.0380. The van der Waals surface area contributed by atoms with E-state index in [0.29, 0.717) is 5.56 Å². The molecular weight excluding hydrogens is 353 g/mol. The zero-order chi connectivity index (χ0) is 18.6. The summed E-state index contributed by atoms with van der Waals surface area (Å²) in [6.07, 6.45) is -0.804. The number of ether oxygens (including phenoxy) is 1. The summed E-state index contributed by atoms with van der Waals surface area (Å²) in [5.41, 5.74) is -0.813. The SMILES string of the molecule is Cc1cn([C@H]2CC(OP(C)(=O)OCCC#N)[C@@H](CO)O2)c(=O)[nH]c1=O. The van der Waals surface area contributed by atoms with Crippen molar-refractivity contribution in [1.29, 1.82) is 5.26 Å². The molecule has 1 aliphatic heterocycles. The second-order valence-electron chi connectivity index (χ2n) is 5.68. The molecule has 1 aromatic heterocycles. The van der Waals surface area contributed by atoms with E-state index in [1.165, 1.54) is 17.4 Å². The van der Waals surface area contributed by atoms with Crippen molar-refractivity contribution in [2.45, 2.75) is 38.2 Å². The summed E-state index contributed by atoms with van der Waals surface area (Å²) >= 11 is 0. The molecule has 1 fully saturated rings. The van der Waals surface area contributed by atoms with Crippen LogP contribution in [0.2, 0.25) is 0 Å². The highest BCUT2D eigenvalue weighted by Gasteiger charge is 2.40. The summed E-state index contributed by atoms with van der Waals surface area (Å²) in [4.78, 5) is 25.6. The van der Waals surface area contributed by atoms with Crippen molar-refractivity contribution in [2.75, 3.05) is 19.9 Å². The lowest BCUT2D eigenvalue weighted by molar-refractivity contribution is -0.0437. The van der Waals surface area contributed by atoms with Crippen LogP contribution in [0.4, 0.5) is 0 Å². The fourth-order valence-electron chi connectivity index (χ4n) is 2.48. The number of rotatable bonds is 7. The fourth-order valence-corrected chi connectivity index (χ4v) is 3.68. The lowest BCUT2D eigenvalue weighted by Gasteiger charge is -2.21. The van der Waals surface area contributed by atoms with Crippen LogP contribution in [0.25, 0.3) is 0 Å². The van der Waals surface area contributed by atoms with E-state index in [2.05, 4.69) is 4.98 Å². The van der Waals surface area contributed by atoms with Crippen LogP contribution in [-0.2, 0) is 18.3 Å². The Hall–Kier alpha value is -1.76. The predicted molar refractivity (Wildman–Crippen MR) is 86.3 cm³/mol. The Morgan fingerprint density at radius 2 is 2.28 bits per heavy atom. The van der Waals surface area contributed by atoms with Gasteiger partial charge in [0.1, 0.15) is 12.3 Å². The first-order valence-corrected chi connectivity index (χ1v) is 9.62. The van der Waals surface area contributed by atoms with Gasteiger partial charge in [-0.3, -0.25) is 18.9 Å². The van der Waals surface area contributed by atoms with Gasteiger partial charge in [0.05, 0.1) is 31.8 Å². The van der Waals surface area contributed by atoms with Crippen molar-refractivity contribution in [3.05, 3.63) is 32.6 Å². The number of aromatic nitrogens is 2. The van der Waals surface area contributed by atoms with E-state index in [4.69, 9.17) is 19.0 Å². The first kappa shape index (κ1) is 19.6. The third-order valence-corrected chi connectivity index (χ3v) is 4.99. The second-order valence-corrected chi connectivity index (χ2v) is 7.69. The van der Waals surface area contributed by atoms with Gasteiger partial charge < -0.3 is 18.9 Å². The summed E-state index contributed by atoms with van der Waals surface area (Å²) < 4.78 is 29.6. The van der Waals surface area contributed by atoms with Crippen molar-refractivity contribution in [2.24, 2.45) is 0 Å². The molecule has 0 bridgehead atoms. The molecule has 1 aromatic rings. The molecule has 2 heterocycles. The summed E-state index contributed by atoms with van der Waals surface area (Å²) in [7, 11) is -3.46. The first-order chi connectivity index (χ1) is 11.8. The lowest BCUT2D eigenvalue weighted by Crippen LogP contribution is -2.33. The van der Waals surface area contributed by atoms with Gasteiger partial charge in [-0.1, -0.05) is 0 Å². The Bertz CT molecular complexity index is 812. The highest BCUT2D eigenvalue weighted by Crippen LogP contribution is 2.48. The summed E-state index contributed by atoms with van der Waals surface area (Å²) in [5.74, 6) is 0. The number of H-pyrrole nitrogens is 1. The maximum atomic E-state index is 12.3. The number of aliphatic hydroxyl groups excluding tert-OH is 1. The van der Waals surface area contributed by atoms with Gasteiger partial charge in [-0.25, -0.2) is 4.79 Å². The van der Waals surface area contributed by atoms with Crippen molar-refractivity contribution >= 4 is 7.60 Å². The normalized spacial score (nSPS) is 25.4. The zero-order valence-electron chi connectivity index (χ0n) is 13.9. The molecule has 25 heavy (non-hydrogen) atoms. The molecule has 2 N–H and O–H groups in total. The van der Waals surface area contributed by atoms with E-state index in [9.17, 15) is 19.3 Å². The van der Waals surface area contributed by atoms with Gasteiger partial charge >= 0.3 is 13.3 Å². The quantitative estimate of drug-likeness (QED) is 0.512. The maximum absolute atomic E-state index is 12.3. The Balaban J connectivity index is 2.14. The monoisotopic (exact) mass is 373 g/mol. The largest absolute Gasteiger partial charge is 0.394 e. The van der Waals surface area contributed by atoms with Crippen LogP contribution >= 0.6 is 7.60 Å². The summed E-state index contributed by atoms with van der Waals surface area (Å²) in [6.45, 7) is 2.37. The molecule has 0 radical (unpaired) electrons. The van der Waals surface area contributed by atoms with Crippen molar-refractivity contribution < 1.29 is 23.5 Å². The smallest absolute Gasteiger partial charge is 0.330 e. The van der Waals surface area contributed by atoms with Crippen molar-refractivity contribution in [3.8, 4) is 6.07 Å². The van der Waals surface area contributed by atoms with E-state index in [1.54, 1.807) is 6.92 Å². The lowest BCUT2D eigenvalue weighted by atomic mass is 10.2. The number of hydrogen-bond donors (Lipinski definition) is 2. The highest BCUT2D eigenvalue weighted by molar-refractivity contribution is 7.53.